The van der Waals surface area contributed by atoms with Crippen LogP contribution in [0, 0.1) is 0 Å². The minimum atomic E-state index is 1.16. The van der Waals surface area contributed by atoms with E-state index in [1.165, 1.54) is 121 Å². The molecule has 0 unspecified atom stereocenters. The van der Waals surface area contributed by atoms with E-state index in [1.807, 2.05) is 0 Å². The van der Waals surface area contributed by atoms with Crippen molar-refractivity contribution in [2.75, 3.05) is 0 Å². The van der Waals surface area contributed by atoms with Crippen molar-refractivity contribution in [3.63, 3.8) is 0 Å². The van der Waals surface area contributed by atoms with Gasteiger partial charge in [-0.3, -0.25) is 0 Å². The van der Waals surface area contributed by atoms with Gasteiger partial charge in [-0.25, -0.2) is 0 Å². The fourth-order valence-electron chi connectivity index (χ4n) is 11.0. The first kappa shape index (κ1) is 35.2. The largest absolute Gasteiger partial charge is 0.309 e. The zero-order valence-corrected chi connectivity index (χ0v) is 34.8. The molecule has 64 heavy (non-hydrogen) atoms. The lowest BCUT2D eigenvalue weighted by molar-refractivity contribution is 1.18. The molecule has 2 heterocycles. The Labute approximate surface area is 370 Å². The number of nitrogens with zero attached hydrogens (tertiary/aromatic N) is 2. The van der Waals surface area contributed by atoms with Crippen LogP contribution in [0.15, 0.2) is 231 Å². The van der Waals surface area contributed by atoms with Gasteiger partial charge >= 0.3 is 0 Å². The summed E-state index contributed by atoms with van der Waals surface area (Å²) in [7, 11) is 0. The molecule has 14 rings (SSSR count). The summed E-state index contributed by atoms with van der Waals surface area (Å²) in [5.41, 5.74) is 19.6. The summed E-state index contributed by atoms with van der Waals surface area (Å²) in [4.78, 5) is 0. The predicted molar refractivity (Wildman–Crippen MR) is 271 cm³/mol. The number of hydrogen-bond acceptors (Lipinski definition) is 0. The van der Waals surface area contributed by atoms with Gasteiger partial charge in [-0.2, -0.15) is 0 Å². The Morgan fingerprint density at radius 2 is 0.844 bits per heavy atom. The first-order valence-electron chi connectivity index (χ1n) is 22.2. The fraction of sp³-hybridized carbons (Fsp3) is 0. The SMILES string of the molecule is c1ccc(-n2c3ccc(-c4ccc5c6ccccc6n(-c6ccccc6-c6ccccc6-c6ccc7c(c6)-c6cccc8cccc-7c68)c5c4)cc3c3ccc4ccccc4c32)cc1. The van der Waals surface area contributed by atoms with Crippen molar-refractivity contribution in [1.82, 2.24) is 9.13 Å². The number of benzene rings is 11. The van der Waals surface area contributed by atoms with E-state index in [-0.39, 0.29) is 0 Å². The molecule has 13 aromatic rings. The molecule has 11 aromatic carbocycles. The Bertz CT molecular complexity index is 4060. The molecule has 2 nitrogen and oxygen atoms in total. The molecular weight excluding hydrogens is 773 g/mol. The fourth-order valence-corrected chi connectivity index (χ4v) is 11.0. The quantitative estimate of drug-likeness (QED) is 0.164. The van der Waals surface area contributed by atoms with Gasteiger partial charge in [-0.15, -0.1) is 0 Å². The Morgan fingerprint density at radius 3 is 1.72 bits per heavy atom. The Kier molecular flexibility index (Phi) is 7.43. The normalized spacial score (nSPS) is 12.1. The molecule has 2 heteroatoms. The Hall–Kier alpha value is -8.46. The van der Waals surface area contributed by atoms with Crippen molar-refractivity contribution in [3.05, 3.63) is 231 Å². The first-order valence-corrected chi connectivity index (χ1v) is 22.2. The van der Waals surface area contributed by atoms with E-state index in [0.29, 0.717) is 0 Å². The molecule has 0 N–H and O–H groups in total. The van der Waals surface area contributed by atoms with E-state index in [4.69, 9.17) is 0 Å². The lowest BCUT2D eigenvalue weighted by atomic mass is 9.91. The number of aromatic nitrogens is 2. The third-order valence-electron chi connectivity index (χ3n) is 13.9. The van der Waals surface area contributed by atoms with E-state index in [1.54, 1.807) is 0 Å². The maximum Gasteiger partial charge on any atom is 0.0619 e. The topological polar surface area (TPSA) is 9.86 Å². The van der Waals surface area contributed by atoms with Crippen LogP contribution in [0.2, 0.25) is 0 Å². The van der Waals surface area contributed by atoms with Gasteiger partial charge in [0.15, 0.2) is 0 Å². The van der Waals surface area contributed by atoms with Gasteiger partial charge in [0.2, 0.25) is 0 Å². The molecule has 0 amide bonds. The predicted octanol–water partition coefficient (Wildman–Crippen LogP) is 16.8. The monoisotopic (exact) mass is 810 g/mol. The highest BCUT2D eigenvalue weighted by atomic mass is 15.0. The van der Waals surface area contributed by atoms with Gasteiger partial charge in [0.25, 0.3) is 0 Å². The standard InChI is InChI=1S/C62H38N2/c1-2-17-44(18-3-1)63-59-35-31-41(36-56(59)54-34-28-39-14-4-5-20-46(39)62(54)63)42-29-33-51-50-23-9-11-27-58(50)64(60(51)38-42)57-26-10-8-22-49(57)47-21-7-6-19-45(47)43-30-32-48-52-24-12-15-40-16-13-25-53(61(40)52)55(48)37-43/h1-38H. The second-order valence-corrected chi connectivity index (χ2v) is 17.2. The zero-order chi connectivity index (χ0) is 41.9. The van der Waals surface area contributed by atoms with Crippen LogP contribution >= 0.6 is 0 Å². The van der Waals surface area contributed by atoms with Gasteiger partial charge in [-0.05, 0) is 115 Å². The highest BCUT2D eigenvalue weighted by Crippen LogP contribution is 2.49. The number of para-hydroxylation sites is 3. The molecule has 0 saturated heterocycles. The zero-order valence-electron chi connectivity index (χ0n) is 34.8. The average Bonchev–Trinajstić information content (AvgIpc) is 4.00. The highest BCUT2D eigenvalue weighted by Gasteiger charge is 2.23. The summed E-state index contributed by atoms with van der Waals surface area (Å²) in [6.45, 7) is 0. The second kappa shape index (κ2) is 13.5. The molecular formula is C62H38N2. The van der Waals surface area contributed by atoms with Gasteiger partial charge in [0.1, 0.15) is 0 Å². The van der Waals surface area contributed by atoms with Crippen LogP contribution in [-0.4, -0.2) is 9.13 Å². The third kappa shape index (κ3) is 5.02. The molecule has 0 aliphatic heterocycles. The van der Waals surface area contributed by atoms with E-state index >= 15 is 0 Å². The van der Waals surface area contributed by atoms with Crippen molar-refractivity contribution in [2.24, 2.45) is 0 Å². The van der Waals surface area contributed by atoms with Gasteiger partial charge in [0, 0.05) is 38.2 Å². The molecule has 296 valence electrons. The highest BCUT2D eigenvalue weighted by molar-refractivity contribution is 6.20. The van der Waals surface area contributed by atoms with Crippen molar-refractivity contribution < 1.29 is 0 Å². The molecule has 0 spiro atoms. The summed E-state index contributed by atoms with van der Waals surface area (Å²) in [5.74, 6) is 0. The summed E-state index contributed by atoms with van der Waals surface area (Å²) in [6, 6.07) is 85.3. The van der Waals surface area contributed by atoms with Crippen molar-refractivity contribution >= 4 is 65.2 Å². The van der Waals surface area contributed by atoms with Gasteiger partial charge in [-0.1, -0.05) is 182 Å². The average molecular weight is 811 g/mol. The molecule has 0 fully saturated rings. The van der Waals surface area contributed by atoms with Crippen molar-refractivity contribution in [1.29, 1.82) is 0 Å². The third-order valence-corrected chi connectivity index (χ3v) is 13.9. The van der Waals surface area contributed by atoms with Crippen molar-refractivity contribution in [3.8, 4) is 67.0 Å². The van der Waals surface area contributed by atoms with Crippen LogP contribution in [0.5, 0.6) is 0 Å². The van der Waals surface area contributed by atoms with E-state index in [0.717, 1.165) is 11.4 Å². The minimum Gasteiger partial charge on any atom is -0.309 e. The summed E-state index contributed by atoms with van der Waals surface area (Å²) >= 11 is 0. The van der Waals surface area contributed by atoms with Crippen LogP contribution in [0.1, 0.15) is 0 Å². The van der Waals surface area contributed by atoms with Crippen molar-refractivity contribution in [2.45, 2.75) is 0 Å². The van der Waals surface area contributed by atoms with E-state index < -0.39 is 0 Å². The molecule has 2 aromatic heterocycles. The van der Waals surface area contributed by atoms with E-state index in [9.17, 15) is 0 Å². The first-order chi connectivity index (χ1) is 31.8. The molecule has 1 aliphatic carbocycles. The molecule has 1 aliphatic rings. The second-order valence-electron chi connectivity index (χ2n) is 17.2. The van der Waals surface area contributed by atoms with Gasteiger partial charge in [0.05, 0.1) is 27.8 Å². The van der Waals surface area contributed by atoms with Gasteiger partial charge < -0.3 is 9.13 Å². The summed E-state index contributed by atoms with van der Waals surface area (Å²) < 4.78 is 4.93. The summed E-state index contributed by atoms with van der Waals surface area (Å²) in [5, 5.41) is 10.1. The molecule has 0 bridgehead atoms. The Morgan fingerprint density at radius 1 is 0.250 bits per heavy atom. The lowest BCUT2D eigenvalue weighted by Gasteiger charge is -2.17. The maximum atomic E-state index is 2.49. The Balaban J connectivity index is 0.951. The minimum absolute atomic E-state index is 1.16. The molecule has 0 saturated carbocycles. The molecule has 0 atom stereocenters. The number of hydrogen-bond donors (Lipinski definition) is 0. The van der Waals surface area contributed by atoms with E-state index in [2.05, 4.69) is 240 Å². The van der Waals surface area contributed by atoms with Crippen LogP contribution in [0.3, 0.4) is 0 Å². The van der Waals surface area contributed by atoms with Crippen LogP contribution in [0.25, 0.3) is 132 Å². The lowest BCUT2D eigenvalue weighted by Crippen LogP contribution is -1.98. The van der Waals surface area contributed by atoms with Crippen LogP contribution < -0.4 is 0 Å². The van der Waals surface area contributed by atoms with Crippen LogP contribution in [0.4, 0.5) is 0 Å². The number of fused-ring (bicyclic) bond motifs is 11. The summed E-state index contributed by atoms with van der Waals surface area (Å²) in [6.07, 6.45) is 0. The smallest absolute Gasteiger partial charge is 0.0619 e. The number of rotatable bonds is 5. The molecule has 0 radical (unpaired) electrons. The maximum absolute atomic E-state index is 2.49. The van der Waals surface area contributed by atoms with Crippen LogP contribution in [-0.2, 0) is 0 Å².